The third-order valence-electron chi connectivity index (χ3n) is 7.93. The van der Waals surface area contributed by atoms with Crippen molar-refractivity contribution in [2.24, 2.45) is 0 Å². The molecule has 0 spiro atoms. The third kappa shape index (κ3) is 10.5. The van der Waals surface area contributed by atoms with Crippen LogP contribution < -0.4 is 0 Å². The predicted octanol–water partition coefficient (Wildman–Crippen LogP) is 13.5. The fraction of sp³-hybridized carbons (Fsp3) is 0.158. The average Bonchev–Trinajstić information content (AvgIpc) is 3.90. The number of imidazole rings is 2. The lowest BCUT2D eigenvalue weighted by molar-refractivity contribution is 0.0288. The number of rotatable bonds is 12. The Morgan fingerprint density at radius 3 is 1.94 bits per heavy atom. The van der Waals surface area contributed by atoms with Gasteiger partial charge in [-0.3, -0.25) is 0 Å². The van der Waals surface area contributed by atoms with Gasteiger partial charge in [0, 0.05) is 73.0 Å². The molecule has 0 aliphatic heterocycles. The number of hydrogen-bond acceptors (Lipinski definition) is 5. The molecule has 51 heavy (non-hydrogen) atoms. The highest BCUT2D eigenvalue weighted by Gasteiger charge is 2.19. The number of aromatic nitrogens is 4. The second-order valence-corrected chi connectivity index (χ2v) is 16.1. The summed E-state index contributed by atoms with van der Waals surface area (Å²) in [6.07, 6.45) is 10.7. The molecule has 2 atom stereocenters. The summed E-state index contributed by atoms with van der Waals surface area (Å²) >= 11 is 40.7. The lowest BCUT2D eigenvalue weighted by Gasteiger charge is -2.20. The molecule has 2 unspecified atom stereocenters. The second-order valence-electron chi connectivity index (χ2n) is 11.5. The Labute approximate surface area is 335 Å². The van der Waals surface area contributed by atoms with E-state index >= 15 is 0 Å². The molecule has 7 aromatic rings. The Kier molecular flexibility index (Phi) is 13.7. The van der Waals surface area contributed by atoms with Gasteiger partial charge in [-0.2, -0.15) is 0 Å². The summed E-state index contributed by atoms with van der Waals surface area (Å²) in [4.78, 5) is 8.22. The van der Waals surface area contributed by atoms with Crippen LogP contribution in [0.5, 0.6) is 0 Å². The molecule has 0 saturated heterocycles. The third-order valence-corrected chi connectivity index (χ3v) is 12.1. The van der Waals surface area contributed by atoms with Crippen molar-refractivity contribution in [2.45, 2.75) is 36.8 Å². The fourth-order valence-corrected chi connectivity index (χ4v) is 9.11. The first-order valence-corrected chi connectivity index (χ1v) is 19.9. The Morgan fingerprint density at radius 1 is 0.686 bits per heavy atom. The van der Waals surface area contributed by atoms with E-state index in [4.69, 9.17) is 74.3 Å². The van der Waals surface area contributed by atoms with Gasteiger partial charge >= 0.3 is 0 Å². The number of fused-ring (bicyclic) bond motifs is 1. The van der Waals surface area contributed by atoms with Crippen LogP contribution in [0.4, 0.5) is 0 Å². The van der Waals surface area contributed by atoms with Crippen LogP contribution in [0.25, 0.3) is 10.1 Å². The molecule has 0 bridgehead atoms. The summed E-state index contributed by atoms with van der Waals surface area (Å²) in [6, 6.07) is 25.0. The van der Waals surface area contributed by atoms with Crippen LogP contribution in [0.1, 0.15) is 33.6 Å². The zero-order valence-electron chi connectivity index (χ0n) is 26.8. The minimum absolute atomic E-state index is 0.194. The second kappa shape index (κ2) is 18.4. The number of nitrogens with zero attached hydrogens (tertiary/aromatic N) is 4. The number of thiophene rings is 1. The molecular weight excluding hydrogens is 805 g/mol. The largest absolute Gasteiger partial charge is 0.367 e. The van der Waals surface area contributed by atoms with Crippen molar-refractivity contribution in [3.05, 3.63) is 174 Å². The quantitative estimate of drug-likeness (QED) is 0.123. The van der Waals surface area contributed by atoms with E-state index in [0.29, 0.717) is 33.2 Å². The van der Waals surface area contributed by atoms with Gasteiger partial charge in [0.1, 0.15) is 6.10 Å². The van der Waals surface area contributed by atoms with Crippen molar-refractivity contribution in [2.75, 3.05) is 0 Å². The van der Waals surface area contributed by atoms with Gasteiger partial charge in [0.2, 0.25) is 0 Å². The van der Waals surface area contributed by atoms with Crippen molar-refractivity contribution >= 4 is 103 Å². The molecule has 7 rings (SSSR count). The summed E-state index contributed by atoms with van der Waals surface area (Å²) in [7, 11) is 0. The molecule has 0 aliphatic carbocycles. The van der Waals surface area contributed by atoms with Gasteiger partial charge in [0.15, 0.2) is 0 Å². The maximum Gasteiger partial charge on any atom is 0.102 e. The minimum Gasteiger partial charge on any atom is -0.367 e. The van der Waals surface area contributed by atoms with Crippen LogP contribution in [0, 0.1) is 0 Å². The molecule has 0 aliphatic rings. The van der Waals surface area contributed by atoms with Crippen molar-refractivity contribution in [3.8, 4) is 0 Å². The number of thioether (sulfide) groups is 1. The maximum absolute atomic E-state index is 6.44. The van der Waals surface area contributed by atoms with E-state index in [2.05, 4.69) is 26.0 Å². The average molecular weight is 836 g/mol. The van der Waals surface area contributed by atoms with E-state index in [0.717, 1.165) is 49.1 Å². The Morgan fingerprint density at radius 2 is 1.31 bits per heavy atom. The van der Waals surface area contributed by atoms with E-state index in [1.165, 1.54) is 5.56 Å². The Hall–Kier alpha value is -2.69. The number of benzene rings is 4. The van der Waals surface area contributed by atoms with Crippen molar-refractivity contribution in [3.63, 3.8) is 0 Å². The number of ether oxygens (including phenoxy) is 1. The smallest absolute Gasteiger partial charge is 0.102 e. The van der Waals surface area contributed by atoms with Crippen molar-refractivity contribution < 1.29 is 4.74 Å². The molecule has 3 aromatic heterocycles. The van der Waals surface area contributed by atoms with E-state index in [9.17, 15) is 0 Å². The van der Waals surface area contributed by atoms with Crippen LogP contribution in [-0.2, 0) is 30.2 Å². The summed E-state index contributed by atoms with van der Waals surface area (Å²) < 4.78 is 11.4. The molecule has 3 heterocycles. The molecule has 0 fully saturated rings. The van der Waals surface area contributed by atoms with Gasteiger partial charge in [0.25, 0.3) is 0 Å². The predicted molar refractivity (Wildman–Crippen MR) is 217 cm³/mol. The van der Waals surface area contributed by atoms with E-state index in [1.807, 2.05) is 95.7 Å². The first-order chi connectivity index (χ1) is 24.7. The standard InChI is InChI=1S/C20H15Cl3N2OS.C18H15Cl3N2S/c21-14-4-5-16(18(23)8-14)19(9-25-7-6-24-12-25)26-10-13-11-27-20-15(13)2-1-3-17(20)22;19-14-3-1-13(2-4-14)11-24-18(10-23-8-7-22-12-23)16-6-5-15(20)9-17(16)21/h1-8,11-12,19H,9-10H2;1-9,12,18H,10-11H2. The van der Waals surface area contributed by atoms with E-state index < -0.39 is 0 Å². The highest BCUT2D eigenvalue weighted by molar-refractivity contribution is 7.98. The molecule has 0 amide bonds. The van der Waals surface area contributed by atoms with Crippen LogP contribution >= 0.6 is 92.7 Å². The molecular formula is C38H30Cl6N4OS2. The lowest BCUT2D eigenvalue weighted by atomic mass is 10.1. The first kappa shape index (κ1) is 38.0. The minimum atomic E-state index is -0.238. The summed E-state index contributed by atoms with van der Waals surface area (Å²) in [5.41, 5.74) is 4.31. The SMILES string of the molecule is Clc1ccc(C(Cn2ccnc2)OCc2csc3c(Cl)cccc23)c(Cl)c1.Clc1ccc(CSC(Cn2ccnc2)c2ccc(Cl)cc2Cl)cc1. The lowest BCUT2D eigenvalue weighted by Crippen LogP contribution is -2.12. The Bertz CT molecular complexity index is 2160. The molecule has 5 nitrogen and oxygen atoms in total. The van der Waals surface area contributed by atoms with Gasteiger partial charge < -0.3 is 13.9 Å². The monoisotopic (exact) mass is 832 g/mol. The number of hydrogen-bond donors (Lipinski definition) is 0. The highest BCUT2D eigenvalue weighted by atomic mass is 35.5. The summed E-state index contributed by atoms with van der Waals surface area (Å²) in [5.74, 6) is 0.871. The van der Waals surface area contributed by atoms with Gasteiger partial charge in [-0.25, -0.2) is 9.97 Å². The zero-order chi connectivity index (χ0) is 35.7. The highest BCUT2D eigenvalue weighted by Crippen LogP contribution is 2.38. The van der Waals surface area contributed by atoms with Crippen LogP contribution in [0.15, 0.2) is 122 Å². The first-order valence-electron chi connectivity index (χ1n) is 15.7. The molecule has 13 heteroatoms. The van der Waals surface area contributed by atoms with Crippen molar-refractivity contribution in [1.82, 2.24) is 19.1 Å². The van der Waals surface area contributed by atoms with E-state index in [-0.39, 0.29) is 11.4 Å². The summed E-state index contributed by atoms with van der Waals surface area (Å²) in [6.45, 7) is 1.85. The van der Waals surface area contributed by atoms with Gasteiger partial charge in [-0.1, -0.05) is 106 Å². The van der Waals surface area contributed by atoms with Crippen LogP contribution in [0.3, 0.4) is 0 Å². The molecule has 0 N–H and O–H groups in total. The number of halogens is 6. The molecule has 262 valence electrons. The Balaban J connectivity index is 0.000000177. The van der Waals surface area contributed by atoms with Crippen molar-refractivity contribution in [1.29, 1.82) is 0 Å². The van der Waals surface area contributed by atoms with Gasteiger partial charge in [-0.15, -0.1) is 23.1 Å². The molecule has 0 radical (unpaired) electrons. The molecule has 4 aromatic carbocycles. The normalized spacial score (nSPS) is 12.4. The molecule has 0 saturated carbocycles. The maximum atomic E-state index is 6.44. The van der Waals surface area contributed by atoms with Crippen LogP contribution in [0.2, 0.25) is 30.1 Å². The van der Waals surface area contributed by atoms with Gasteiger partial charge in [-0.05, 0) is 69.9 Å². The van der Waals surface area contributed by atoms with Crippen LogP contribution in [-0.4, -0.2) is 19.1 Å². The zero-order valence-corrected chi connectivity index (χ0v) is 33.0. The fourth-order valence-electron chi connectivity index (χ4n) is 5.33. The van der Waals surface area contributed by atoms with Gasteiger partial charge in [0.05, 0.1) is 35.5 Å². The summed E-state index contributed by atoms with van der Waals surface area (Å²) in [5, 5.41) is 7.45. The topological polar surface area (TPSA) is 44.9 Å². The van der Waals surface area contributed by atoms with E-state index in [1.54, 1.807) is 42.2 Å².